The molecule has 1 atom stereocenters. The van der Waals surface area contributed by atoms with Gasteiger partial charge < -0.3 is 10.3 Å². The van der Waals surface area contributed by atoms with Crippen LogP contribution in [0.25, 0.3) is 5.57 Å². The van der Waals surface area contributed by atoms with E-state index in [1.54, 1.807) is 12.4 Å². The highest BCUT2D eigenvalue weighted by molar-refractivity contribution is 5.82. The van der Waals surface area contributed by atoms with E-state index >= 15 is 0 Å². The summed E-state index contributed by atoms with van der Waals surface area (Å²) in [6.07, 6.45) is 9.01. The normalized spacial score (nSPS) is 20.9. The van der Waals surface area contributed by atoms with Gasteiger partial charge in [0.2, 0.25) is 5.91 Å². The minimum Gasteiger partial charge on any atom is -0.350 e. The van der Waals surface area contributed by atoms with Gasteiger partial charge in [-0.1, -0.05) is 12.1 Å². The molecule has 1 aliphatic heterocycles. The van der Waals surface area contributed by atoms with E-state index in [-0.39, 0.29) is 17.5 Å². The lowest BCUT2D eigenvalue weighted by atomic mass is 9.99. The van der Waals surface area contributed by atoms with Gasteiger partial charge in [0, 0.05) is 41.7 Å². The molecule has 1 saturated heterocycles. The summed E-state index contributed by atoms with van der Waals surface area (Å²) in [6, 6.07) is 7.73. The Bertz CT molecular complexity index is 850. The zero-order valence-corrected chi connectivity index (χ0v) is 13.3. The van der Waals surface area contributed by atoms with Crippen molar-refractivity contribution >= 4 is 11.5 Å². The second kappa shape index (κ2) is 6.07. The predicted molar refractivity (Wildman–Crippen MR) is 91.5 cm³/mol. The summed E-state index contributed by atoms with van der Waals surface area (Å²) >= 11 is 0. The Balaban J connectivity index is 1.75. The maximum Gasteiger partial charge on any atom is 0.251 e. The second-order valence-corrected chi connectivity index (χ2v) is 6.46. The number of nitrogens with one attached hydrogen (secondary N) is 2. The van der Waals surface area contributed by atoms with Gasteiger partial charge in [0.15, 0.2) is 0 Å². The zero-order valence-electron chi connectivity index (χ0n) is 13.3. The second-order valence-electron chi connectivity index (χ2n) is 6.46. The van der Waals surface area contributed by atoms with Gasteiger partial charge in [0.25, 0.3) is 5.56 Å². The van der Waals surface area contributed by atoms with E-state index in [4.69, 9.17) is 0 Å². The topological polar surface area (TPSA) is 74.8 Å². The van der Waals surface area contributed by atoms with Crippen molar-refractivity contribution in [3.8, 4) is 0 Å². The molecule has 1 aliphatic carbocycles. The van der Waals surface area contributed by atoms with E-state index in [1.165, 1.54) is 0 Å². The molecule has 0 spiro atoms. The molecule has 24 heavy (non-hydrogen) atoms. The summed E-state index contributed by atoms with van der Waals surface area (Å²) in [6.45, 7) is 0. The predicted octanol–water partition coefficient (Wildman–Crippen LogP) is 2.36. The molecule has 1 amide bonds. The third-order valence-corrected chi connectivity index (χ3v) is 4.64. The van der Waals surface area contributed by atoms with Gasteiger partial charge in [-0.15, -0.1) is 0 Å². The molecular formula is C19H19N3O2. The molecular weight excluding hydrogens is 302 g/mol. The number of H-pyrrole nitrogens is 1. The first-order chi connectivity index (χ1) is 11.7. The highest BCUT2D eigenvalue weighted by atomic mass is 16.2. The summed E-state index contributed by atoms with van der Waals surface area (Å²) in [5.74, 6) is 0.494. The molecule has 2 aliphatic rings. The van der Waals surface area contributed by atoms with Crippen molar-refractivity contribution in [2.45, 2.75) is 37.6 Å². The summed E-state index contributed by atoms with van der Waals surface area (Å²) in [5.41, 5.74) is 3.54. The van der Waals surface area contributed by atoms with E-state index in [1.807, 2.05) is 30.3 Å². The van der Waals surface area contributed by atoms with E-state index in [0.717, 1.165) is 41.7 Å². The number of rotatable bonds is 4. The first kappa shape index (κ1) is 14.9. The number of amides is 1. The Hall–Kier alpha value is -2.69. The van der Waals surface area contributed by atoms with Gasteiger partial charge in [-0.25, -0.2) is 0 Å². The van der Waals surface area contributed by atoms with E-state index < -0.39 is 0 Å². The molecule has 2 aromatic rings. The minimum absolute atomic E-state index is 0.00715. The number of hydrogen-bond acceptors (Lipinski definition) is 3. The molecule has 2 fully saturated rings. The summed E-state index contributed by atoms with van der Waals surface area (Å²) in [7, 11) is 0. The van der Waals surface area contributed by atoms with Crippen LogP contribution in [0.3, 0.4) is 0 Å². The zero-order chi connectivity index (χ0) is 16.5. The van der Waals surface area contributed by atoms with Crippen LogP contribution in [0.4, 0.5) is 0 Å². The smallest absolute Gasteiger partial charge is 0.251 e. The van der Waals surface area contributed by atoms with Gasteiger partial charge in [0.05, 0.1) is 0 Å². The highest BCUT2D eigenvalue weighted by Crippen LogP contribution is 2.38. The number of carbonyl (C=O) groups is 1. The van der Waals surface area contributed by atoms with Crippen LogP contribution in [0.5, 0.6) is 0 Å². The molecule has 3 heterocycles. The number of aromatic amines is 1. The summed E-state index contributed by atoms with van der Waals surface area (Å²) < 4.78 is 0. The summed E-state index contributed by atoms with van der Waals surface area (Å²) in [5, 5.41) is 2.96. The molecule has 4 rings (SSSR count). The average Bonchev–Trinajstić information content (AvgIpc) is 3.35. The minimum atomic E-state index is -0.00888. The molecule has 5 nitrogen and oxygen atoms in total. The number of pyridine rings is 2. The van der Waals surface area contributed by atoms with Crippen LogP contribution in [-0.4, -0.2) is 21.9 Å². The standard InChI is InChI=1S/C19H19N3O2/c23-18-6-3-14(21-18)11-16(13-7-9-20-10-8-13)17-5-4-15(12-1-2-12)19(24)22-17/h4-5,7-12,14H,1-3,6H2,(H,21,23)(H,22,24)/b16-11-/t14-/m1/s1. The molecule has 0 radical (unpaired) electrons. The van der Waals surface area contributed by atoms with Crippen LogP contribution in [0.1, 0.15) is 48.4 Å². The molecule has 2 N–H and O–H groups in total. The number of carbonyl (C=O) groups excluding carboxylic acids is 1. The number of nitrogens with zero attached hydrogens (tertiary/aromatic N) is 1. The van der Waals surface area contributed by atoms with Crippen LogP contribution >= 0.6 is 0 Å². The lowest BCUT2D eigenvalue weighted by Crippen LogP contribution is -2.23. The van der Waals surface area contributed by atoms with E-state index in [2.05, 4.69) is 15.3 Å². The SMILES string of the molecule is O=C1CC[C@H](/C=C(/c2ccncc2)c2ccc(C3CC3)c(=O)[nH]2)N1. The molecule has 5 heteroatoms. The van der Waals surface area contributed by atoms with Crippen molar-refractivity contribution in [2.24, 2.45) is 0 Å². The van der Waals surface area contributed by atoms with Crippen molar-refractivity contribution < 1.29 is 4.79 Å². The molecule has 122 valence electrons. The Morgan fingerprint density at radius 1 is 1.08 bits per heavy atom. The van der Waals surface area contributed by atoms with Crippen LogP contribution in [0.15, 0.2) is 47.5 Å². The Morgan fingerprint density at radius 2 is 1.88 bits per heavy atom. The third kappa shape index (κ3) is 3.02. The van der Waals surface area contributed by atoms with E-state index in [0.29, 0.717) is 12.3 Å². The van der Waals surface area contributed by atoms with Crippen molar-refractivity contribution in [1.29, 1.82) is 0 Å². The van der Waals surface area contributed by atoms with Crippen molar-refractivity contribution in [1.82, 2.24) is 15.3 Å². The number of aromatic nitrogens is 2. The first-order valence-corrected chi connectivity index (χ1v) is 8.36. The quantitative estimate of drug-likeness (QED) is 0.908. The Morgan fingerprint density at radius 3 is 2.50 bits per heavy atom. The maximum atomic E-state index is 12.4. The van der Waals surface area contributed by atoms with Gasteiger partial charge in [-0.05, 0) is 48.9 Å². The molecule has 0 aromatic carbocycles. The van der Waals surface area contributed by atoms with E-state index in [9.17, 15) is 9.59 Å². The van der Waals surface area contributed by atoms with Gasteiger partial charge >= 0.3 is 0 Å². The van der Waals surface area contributed by atoms with Gasteiger partial charge in [0.1, 0.15) is 0 Å². The van der Waals surface area contributed by atoms with Crippen molar-refractivity contribution in [3.63, 3.8) is 0 Å². The molecule has 1 saturated carbocycles. The van der Waals surface area contributed by atoms with Crippen molar-refractivity contribution in [2.75, 3.05) is 0 Å². The molecule has 0 unspecified atom stereocenters. The van der Waals surface area contributed by atoms with Crippen LogP contribution in [0.2, 0.25) is 0 Å². The monoisotopic (exact) mass is 321 g/mol. The fourth-order valence-electron chi connectivity index (χ4n) is 3.19. The van der Waals surface area contributed by atoms with Gasteiger partial charge in [-0.3, -0.25) is 14.6 Å². The van der Waals surface area contributed by atoms with Gasteiger partial charge in [-0.2, -0.15) is 0 Å². The molecule has 2 aromatic heterocycles. The number of hydrogen-bond donors (Lipinski definition) is 2. The Labute approximate surface area is 139 Å². The van der Waals surface area contributed by atoms with Crippen molar-refractivity contribution in [3.05, 3.63) is 69.9 Å². The average molecular weight is 321 g/mol. The third-order valence-electron chi connectivity index (χ3n) is 4.64. The highest BCUT2D eigenvalue weighted by Gasteiger charge is 2.26. The Kier molecular flexibility index (Phi) is 3.76. The van der Waals surface area contributed by atoms with Crippen LogP contribution in [-0.2, 0) is 4.79 Å². The molecule has 0 bridgehead atoms. The first-order valence-electron chi connectivity index (χ1n) is 8.36. The van der Waals surface area contributed by atoms with Crippen LogP contribution < -0.4 is 10.9 Å². The fraction of sp³-hybridized carbons (Fsp3) is 0.316. The summed E-state index contributed by atoms with van der Waals surface area (Å²) in [4.78, 5) is 30.9. The largest absolute Gasteiger partial charge is 0.350 e. The van der Waals surface area contributed by atoms with Crippen LogP contribution in [0, 0.1) is 0 Å². The lowest BCUT2D eigenvalue weighted by molar-refractivity contribution is -0.119. The lowest BCUT2D eigenvalue weighted by Gasteiger charge is -2.12. The maximum absolute atomic E-state index is 12.4. The fourth-order valence-corrected chi connectivity index (χ4v) is 3.19.